The summed E-state index contributed by atoms with van der Waals surface area (Å²) in [5.74, 6) is 6.76. The Kier molecular flexibility index (Phi) is 3.25. The number of carbonyl (C=O) groups is 1. The lowest BCUT2D eigenvalue weighted by Crippen LogP contribution is -2.53. The van der Waals surface area contributed by atoms with Crippen LogP contribution in [0.1, 0.15) is 64.7 Å². The van der Waals surface area contributed by atoms with Gasteiger partial charge in [-0.3, -0.25) is 4.79 Å². The highest BCUT2D eigenvalue weighted by atomic mass is 16.3. The van der Waals surface area contributed by atoms with Crippen molar-refractivity contribution in [1.82, 2.24) is 0 Å². The van der Waals surface area contributed by atoms with E-state index in [0.717, 1.165) is 56.3 Å². The fraction of sp³-hybridized carbons (Fsp3) is 0.850. The molecule has 2 heteroatoms. The summed E-state index contributed by atoms with van der Waals surface area (Å²) in [5.41, 5.74) is -0.970. The molecule has 0 unspecified atom stereocenters. The van der Waals surface area contributed by atoms with Crippen molar-refractivity contribution < 1.29 is 9.90 Å². The highest BCUT2D eigenvalue weighted by Crippen LogP contribution is 2.65. The molecule has 0 aromatic heterocycles. The summed E-state index contributed by atoms with van der Waals surface area (Å²) in [6.07, 6.45) is 15.1. The summed E-state index contributed by atoms with van der Waals surface area (Å²) in [4.78, 5) is 11.8. The second-order valence-electron chi connectivity index (χ2n) is 8.72. The summed E-state index contributed by atoms with van der Waals surface area (Å²) in [6.45, 7) is 2.25. The van der Waals surface area contributed by atoms with Gasteiger partial charge >= 0.3 is 0 Å². The lowest BCUT2D eigenvalue weighted by Gasteiger charge is -2.56. The van der Waals surface area contributed by atoms with Crippen LogP contribution in [-0.2, 0) is 4.79 Å². The molecule has 4 aliphatic rings. The average molecular weight is 300 g/mol. The fourth-order valence-corrected chi connectivity index (χ4v) is 6.91. The SMILES string of the molecule is C#C[C@]1(O)CC[C@@H]2[C@@H]3CC[C@@H]4CC(=O)CC[C@@H]4[C@@H]3CC[C@@]21C. The van der Waals surface area contributed by atoms with Crippen molar-refractivity contribution in [3.63, 3.8) is 0 Å². The van der Waals surface area contributed by atoms with Gasteiger partial charge in [-0.05, 0) is 74.5 Å². The van der Waals surface area contributed by atoms with E-state index in [1.165, 1.54) is 19.3 Å². The van der Waals surface area contributed by atoms with Crippen LogP contribution >= 0.6 is 0 Å². The monoisotopic (exact) mass is 300 g/mol. The Morgan fingerprint density at radius 1 is 1.09 bits per heavy atom. The predicted molar refractivity (Wildman–Crippen MR) is 85.9 cm³/mol. The minimum atomic E-state index is -0.887. The van der Waals surface area contributed by atoms with Crippen molar-refractivity contribution >= 4 is 5.78 Å². The smallest absolute Gasteiger partial charge is 0.133 e. The molecule has 22 heavy (non-hydrogen) atoms. The fourth-order valence-electron chi connectivity index (χ4n) is 6.91. The minimum Gasteiger partial charge on any atom is -0.377 e. The average Bonchev–Trinajstić information content (AvgIpc) is 2.79. The van der Waals surface area contributed by atoms with Crippen LogP contribution in [0.3, 0.4) is 0 Å². The van der Waals surface area contributed by atoms with Crippen LogP contribution in [0.15, 0.2) is 0 Å². The molecular weight excluding hydrogens is 272 g/mol. The molecule has 0 spiro atoms. The first kappa shape index (κ1) is 14.8. The molecule has 0 bridgehead atoms. The van der Waals surface area contributed by atoms with Crippen molar-refractivity contribution in [2.75, 3.05) is 0 Å². The molecule has 0 amide bonds. The lowest BCUT2D eigenvalue weighted by atomic mass is 9.49. The van der Waals surface area contributed by atoms with Gasteiger partial charge in [0.1, 0.15) is 11.4 Å². The molecule has 0 saturated heterocycles. The molecule has 0 aliphatic heterocycles. The van der Waals surface area contributed by atoms with E-state index in [2.05, 4.69) is 12.8 Å². The van der Waals surface area contributed by atoms with Crippen LogP contribution in [0.2, 0.25) is 0 Å². The van der Waals surface area contributed by atoms with Crippen molar-refractivity contribution in [2.24, 2.45) is 35.0 Å². The van der Waals surface area contributed by atoms with Gasteiger partial charge in [-0.15, -0.1) is 6.42 Å². The first-order chi connectivity index (χ1) is 10.5. The molecule has 1 N–H and O–H groups in total. The summed E-state index contributed by atoms with van der Waals surface area (Å²) in [6, 6.07) is 0. The maximum Gasteiger partial charge on any atom is 0.133 e. The number of terminal acetylenes is 1. The van der Waals surface area contributed by atoms with Gasteiger partial charge in [-0.25, -0.2) is 0 Å². The molecule has 4 rings (SSSR count). The summed E-state index contributed by atoms with van der Waals surface area (Å²) >= 11 is 0. The molecule has 7 atom stereocenters. The van der Waals surface area contributed by atoms with Crippen molar-refractivity contribution in [1.29, 1.82) is 0 Å². The van der Waals surface area contributed by atoms with E-state index in [-0.39, 0.29) is 5.41 Å². The van der Waals surface area contributed by atoms with Crippen LogP contribution in [0.5, 0.6) is 0 Å². The Morgan fingerprint density at radius 3 is 2.68 bits per heavy atom. The zero-order valence-corrected chi connectivity index (χ0v) is 13.7. The second kappa shape index (κ2) is 4.84. The Morgan fingerprint density at radius 2 is 1.91 bits per heavy atom. The Balaban J connectivity index is 1.61. The summed E-state index contributed by atoms with van der Waals surface area (Å²) in [7, 11) is 0. The standard InChI is InChI=1S/C20H28O2/c1-3-20(22)11-9-18-17-6-4-13-12-14(21)5-7-15(13)16(17)8-10-19(18,20)2/h1,13,15-18,22H,4-12H2,2H3/t13-,15+,16+,17-,18-,19+,20+/m1/s1. The van der Waals surface area contributed by atoms with Crippen LogP contribution in [0.4, 0.5) is 0 Å². The number of carbonyl (C=O) groups excluding carboxylic acids is 1. The quantitative estimate of drug-likeness (QED) is 0.694. The highest BCUT2D eigenvalue weighted by molar-refractivity contribution is 5.79. The molecular formula is C20H28O2. The number of Topliss-reactive ketones (excluding diaryl/α,β-unsaturated/α-hetero) is 1. The highest BCUT2D eigenvalue weighted by Gasteiger charge is 2.62. The van der Waals surface area contributed by atoms with Gasteiger partial charge in [0.15, 0.2) is 0 Å². The van der Waals surface area contributed by atoms with E-state index >= 15 is 0 Å². The maximum absolute atomic E-state index is 11.8. The number of rotatable bonds is 0. The number of ketones is 1. The number of fused-ring (bicyclic) bond motifs is 5. The molecule has 4 fully saturated rings. The maximum atomic E-state index is 11.8. The van der Waals surface area contributed by atoms with Gasteiger partial charge in [-0.2, -0.15) is 0 Å². The van der Waals surface area contributed by atoms with Gasteiger partial charge in [0, 0.05) is 18.3 Å². The van der Waals surface area contributed by atoms with Crippen molar-refractivity contribution in [2.45, 2.75) is 70.3 Å². The van der Waals surface area contributed by atoms with Crippen LogP contribution < -0.4 is 0 Å². The van der Waals surface area contributed by atoms with Crippen molar-refractivity contribution in [3.05, 3.63) is 0 Å². The van der Waals surface area contributed by atoms with Crippen LogP contribution in [-0.4, -0.2) is 16.5 Å². The second-order valence-corrected chi connectivity index (χ2v) is 8.72. The van der Waals surface area contributed by atoms with E-state index in [1.807, 2.05) is 0 Å². The van der Waals surface area contributed by atoms with Gasteiger partial charge in [-0.1, -0.05) is 12.8 Å². The predicted octanol–water partition coefficient (Wildman–Crippen LogP) is 3.57. The topological polar surface area (TPSA) is 37.3 Å². The molecule has 120 valence electrons. The van der Waals surface area contributed by atoms with E-state index in [1.54, 1.807) is 0 Å². The lowest BCUT2D eigenvalue weighted by molar-refractivity contribution is -0.130. The number of aliphatic hydroxyl groups is 1. The van der Waals surface area contributed by atoms with E-state index in [9.17, 15) is 9.90 Å². The van der Waals surface area contributed by atoms with Gasteiger partial charge < -0.3 is 5.11 Å². The first-order valence-electron chi connectivity index (χ1n) is 9.20. The molecule has 0 aromatic rings. The number of hydrogen-bond acceptors (Lipinski definition) is 2. The number of hydrogen-bond donors (Lipinski definition) is 1. The third kappa shape index (κ3) is 1.81. The third-order valence-corrected chi connectivity index (χ3v) is 8.16. The summed E-state index contributed by atoms with van der Waals surface area (Å²) < 4.78 is 0. The zero-order valence-electron chi connectivity index (χ0n) is 13.7. The van der Waals surface area contributed by atoms with E-state index in [4.69, 9.17) is 6.42 Å². The third-order valence-electron chi connectivity index (χ3n) is 8.16. The molecule has 0 aromatic carbocycles. The minimum absolute atomic E-state index is 0.0831. The van der Waals surface area contributed by atoms with Gasteiger partial charge in [0.05, 0.1) is 0 Å². The summed E-state index contributed by atoms with van der Waals surface area (Å²) in [5, 5.41) is 10.9. The Hall–Kier alpha value is -0.810. The molecule has 2 nitrogen and oxygen atoms in total. The largest absolute Gasteiger partial charge is 0.377 e. The Labute approximate surface area is 134 Å². The molecule has 4 saturated carbocycles. The van der Waals surface area contributed by atoms with Crippen LogP contribution in [0, 0.1) is 47.3 Å². The van der Waals surface area contributed by atoms with Gasteiger partial charge in [0.2, 0.25) is 0 Å². The normalized spacial score (nSPS) is 54.0. The van der Waals surface area contributed by atoms with E-state index < -0.39 is 5.60 Å². The van der Waals surface area contributed by atoms with E-state index in [0.29, 0.717) is 17.6 Å². The Bertz CT molecular complexity index is 532. The zero-order chi connectivity index (χ0) is 15.5. The van der Waals surface area contributed by atoms with Crippen LogP contribution in [0.25, 0.3) is 0 Å². The molecule has 0 heterocycles. The van der Waals surface area contributed by atoms with Gasteiger partial charge in [0.25, 0.3) is 0 Å². The van der Waals surface area contributed by atoms with Crippen molar-refractivity contribution in [3.8, 4) is 12.3 Å². The first-order valence-corrected chi connectivity index (χ1v) is 9.20. The molecule has 4 aliphatic carbocycles. The molecule has 0 radical (unpaired) electrons.